The van der Waals surface area contributed by atoms with Crippen molar-refractivity contribution in [3.63, 3.8) is 0 Å². The Hall–Kier alpha value is -3.65. The number of benzene rings is 4. The number of nitrogens with zero attached hydrogens (tertiary/aromatic N) is 1. The summed E-state index contributed by atoms with van der Waals surface area (Å²) in [6.07, 6.45) is 1.69. The highest BCUT2D eigenvalue weighted by molar-refractivity contribution is 6.30. The molecular formula is C28H22NO+. The highest BCUT2D eigenvalue weighted by Gasteiger charge is 2.22. The number of aryl methyl sites for hydroxylation is 3. The van der Waals surface area contributed by atoms with E-state index in [0.717, 1.165) is 44.1 Å². The summed E-state index contributed by atoms with van der Waals surface area (Å²) in [4.78, 5) is 0. The molecule has 0 amide bonds. The number of hydrogen-bond acceptors (Lipinski definition) is 1. The van der Waals surface area contributed by atoms with E-state index >= 15 is 0 Å². The maximum atomic E-state index is 7.75. The average molecular weight is 392 g/mol. The van der Waals surface area contributed by atoms with Crippen LogP contribution < -0.4 is 4.57 Å². The minimum Gasteiger partial charge on any atom is -0.454 e. The lowest BCUT2D eigenvalue weighted by molar-refractivity contribution is -0.660. The van der Waals surface area contributed by atoms with E-state index in [2.05, 4.69) is 61.5 Å². The summed E-state index contributed by atoms with van der Waals surface area (Å²) in [5.41, 5.74) is 5.00. The predicted molar refractivity (Wildman–Crippen MR) is 125 cm³/mol. The fourth-order valence-electron chi connectivity index (χ4n) is 4.75. The van der Waals surface area contributed by atoms with Gasteiger partial charge < -0.3 is 4.42 Å². The van der Waals surface area contributed by atoms with Crippen molar-refractivity contribution in [2.75, 3.05) is 0 Å². The van der Waals surface area contributed by atoms with Gasteiger partial charge in [-0.25, -0.2) is 4.57 Å². The van der Waals surface area contributed by atoms with Crippen LogP contribution in [0.5, 0.6) is 0 Å². The van der Waals surface area contributed by atoms with Crippen LogP contribution in [0.25, 0.3) is 54.7 Å². The zero-order valence-electron chi connectivity index (χ0n) is 19.9. The number of furan rings is 1. The summed E-state index contributed by atoms with van der Waals surface area (Å²) < 4.78 is 31.8. The van der Waals surface area contributed by atoms with Crippen LogP contribution in [0.4, 0.5) is 0 Å². The first-order chi connectivity index (χ1) is 15.8. The van der Waals surface area contributed by atoms with Gasteiger partial charge in [-0.05, 0) is 41.6 Å². The van der Waals surface area contributed by atoms with E-state index in [0.29, 0.717) is 5.56 Å². The minimum atomic E-state index is -2.14. The van der Waals surface area contributed by atoms with Gasteiger partial charge >= 0.3 is 0 Å². The van der Waals surface area contributed by atoms with E-state index in [4.69, 9.17) is 8.53 Å². The highest BCUT2D eigenvalue weighted by Crippen LogP contribution is 2.43. The summed E-state index contributed by atoms with van der Waals surface area (Å²) in [7, 11) is 1.89. The van der Waals surface area contributed by atoms with Crippen LogP contribution in [0.15, 0.2) is 83.4 Å². The van der Waals surface area contributed by atoms with Crippen molar-refractivity contribution in [1.82, 2.24) is 0 Å². The van der Waals surface area contributed by atoms with Crippen molar-refractivity contribution >= 4 is 43.5 Å². The van der Waals surface area contributed by atoms with Crippen molar-refractivity contribution in [1.29, 1.82) is 0 Å². The van der Waals surface area contributed by atoms with Crippen LogP contribution in [0.3, 0.4) is 0 Å². The average Bonchev–Trinajstić information content (AvgIpc) is 3.19. The topological polar surface area (TPSA) is 17.0 Å². The Bertz CT molecular complexity index is 1730. The maximum absolute atomic E-state index is 7.75. The van der Waals surface area contributed by atoms with Crippen LogP contribution >= 0.6 is 0 Å². The van der Waals surface area contributed by atoms with Gasteiger partial charge in [-0.3, -0.25) is 0 Å². The number of rotatable bonds is 1. The van der Waals surface area contributed by atoms with Gasteiger partial charge in [0.1, 0.15) is 18.2 Å². The van der Waals surface area contributed by atoms with Gasteiger partial charge in [0.25, 0.3) is 0 Å². The Morgan fingerprint density at radius 1 is 0.733 bits per heavy atom. The Kier molecular flexibility index (Phi) is 2.95. The van der Waals surface area contributed by atoms with Crippen LogP contribution in [-0.4, -0.2) is 0 Å². The molecule has 2 heteroatoms. The van der Waals surface area contributed by atoms with Crippen molar-refractivity contribution in [3.8, 4) is 11.3 Å². The molecule has 0 fully saturated rings. The molecule has 30 heavy (non-hydrogen) atoms. The van der Waals surface area contributed by atoms with Crippen LogP contribution in [0.2, 0.25) is 0 Å². The molecule has 4 aromatic carbocycles. The van der Waals surface area contributed by atoms with Gasteiger partial charge in [-0.2, -0.15) is 0 Å². The van der Waals surface area contributed by atoms with E-state index in [-0.39, 0.29) is 0 Å². The number of aromatic nitrogens is 1. The molecule has 144 valence electrons. The first kappa shape index (κ1) is 14.4. The molecule has 2 heterocycles. The maximum Gasteiger partial charge on any atom is 0.216 e. The molecule has 0 saturated heterocycles. The van der Waals surface area contributed by atoms with Gasteiger partial charge in [-0.15, -0.1) is 0 Å². The third kappa shape index (κ3) is 2.28. The van der Waals surface area contributed by atoms with Crippen LogP contribution in [0, 0.1) is 13.8 Å². The molecule has 0 aliphatic carbocycles. The normalized spacial score (nSPS) is 13.7. The smallest absolute Gasteiger partial charge is 0.216 e. The molecule has 0 unspecified atom stereocenters. The van der Waals surface area contributed by atoms with Gasteiger partial charge in [0, 0.05) is 31.9 Å². The number of hydrogen-bond donors (Lipinski definition) is 0. The fourth-order valence-corrected chi connectivity index (χ4v) is 4.75. The van der Waals surface area contributed by atoms with E-state index in [1.54, 1.807) is 12.3 Å². The Morgan fingerprint density at radius 3 is 2.17 bits per heavy atom. The zero-order chi connectivity index (χ0) is 22.9. The summed E-state index contributed by atoms with van der Waals surface area (Å²) in [6, 6.07) is 24.7. The second-order valence-corrected chi connectivity index (χ2v) is 7.95. The molecule has 2 aromatic heterocycles. The standard InChI is InChI=1S/C28H22NO/c1-17-12-15-24(29(3)16-17)25-18(2)13-14-23-26-21-10-6-4-8-19(21)20-9-5-7-11-22(20)27(26)30-28(23)25/h4-16H,1-3H3/q+1/i1D3. The number of pyridine rings is 1. The molecular weight excluding hydrogens is 366 g/mol. The van der Waals surface area contributed by atoms with E-state index in [1.165, 1.54) is 16.2 Å². The van der Waals surface area contributed by atoms with Gasteiger partial charge in [0.15, 0.2) is 6.20 Å². The van der Waals surface area contributed by atoms with Crippen LogP contribution in [-0.2, 0) is 7.05 Å². The van der Waals surface area contributed by atoms with Crippen LogP contribution in [0.1, 0.15) is 15.2 Å². The molecule has 0 aliphatic heterocycles. The van der Waals surface area contributed by atoms with Crippen molar-refractivity contribution < 1.29 is 13.1 Å². The third-order valence-corrected chi connectivity index (χ3v) is 6.11. The fraction of sp³-hybridized carbons (Fsp3) is 0.107. The van der Waals surface area contributed by atoms with Gasteiger partial charge in [-0.1, -0.05) is 60.7 Å². The monoisotopic (exact) mass is 391 g/mol. The molecule has 0 N–H and O–H groups in total. The molecule has 0 atom stereocenters. The SMILES string of the molecule is [2H]C([2H])([2H])c1ccc(-c2c(C)ccc3c2oc2c4ccccc4c4ccccc4c32)[n+](C)c1. The quantitative estimate of drug-likeness (QED) is 0.218. The lowest BCUT2D eigenvalue weighted by Gasteiger charge is -2.06. The third-order valence-electron chi connectivity index (χ3n) is 6.11. The Balaban J connectivity index is 1.77. The summed E-state index contributed by atoms with van der Waals surface area (Å²) in [6.45, 7) is -0.0790. The molecule has 6 rings (SSSR count). The first-order valence-electron chi connectivity index (χ1n) is 11.6. The summed E-state index contributed by atoms with van der Waals surface area (Å²) in [5, 5.41) is 6.81. The van der Waals surface area contributed by atoms with Crippen molar-refractivity contribution in [3.05, 3.63) is 90.1 Å². The summed E-state index contributed by atoms with van der Waals surface area (Å²) >= 11 is 0. The predicted octanol–water partition coefficient (Wildman–Crippen LogP) is 7.00. The van der Waals surface area contributed by atoms with Gasteiger partial charge in [0.05, 0.1) is 5.56 Å². The van der Waals surface area contributed by atoms with Gasteiger partial charge in [0.2, 0.25) is 5.69 Å². The number of fused-ring (bicyclic) bond motifs is 8. The Morgan fingerprint density at radius 2 is 1.43 bits per heavy atom. The lowest BCUT2D eigenvalue weighted by atomic mass is 9.95. The molecule has 0 bridgehead atoms. The first-order valence-corrected chi connectivity index (χ1v) is 10.1. The molecule has 0 aliphatic rings. The molecule has 2 nitrogen and oxygen atoms in total. The highest BCUT2D eigenvalue weighted by atomic mass is 16.3. The van der Waals surface area contributed by atoms with Crippen molar-refractivity contribution in [2.24, 2.45) is 7.05 Å². The largest absolute Gasteiger partial charge is 0.454 e. The molecule has 0 spiro atoms. The summed E-state index contributed by atoms with van der Waals surface area (Å²) in [5.74, 6) is 0. The molecule has 0 saturated carbocycles. The second-order valence-electron chi connectivity index (χ2n) is 7.95. The minimum absolute atomic E-state index is 0.320. The molecule has 0 radical (unpaired) electrons. The van der Waals surface area contributed by atoms with Crippen molar-refractivity contribution in [2.45, 2.75) is 13.8 Å². The van der Waals surface area contributed by atoms with E-state index in [1.807, 2.05) is 23.7 Å². The molecule has 6 aromatic rings. The van der Waals surface area contributed by atoms with E-state index in [9.17, 15) is 0 Å². The second kappa shape index (κ2) is 6.17. The Labute approximate surface area is 179 Å². The van der Waals surface area contributed by atoms with E-state index < -0.39 is 6.85 Å². The lowest BCUT2D eigenvalue weighted by Crippen LogP contribution is -2.31. The zero-order valence-corrected chi connectivity index (χ0v) is 16.9.